The summed E-state index contributed by atoms with van der Waals surface area (Å²) in [6.45, 7) is 2.06. The van der Waals surface area contributed by atoms with E-state index in [1.165, 1.54) is 6.42 Å². The van der Waals surface area contributed by atoms with Gasteiger partial charge in [0, 0.05) is 5.41 Å². The summed E-state index contributed by atoms with van der Waals surface area (Å²) in [6.07, 6.45) is 5.50. The first-order chi connectivity index (χ1) is 8.12. The molecular formula is C14H20N2O. The normalized spacial score (nSPS) is 18.6. The van der Waals surface area contributed by atoms with E-state index in [-0.39, 0.29) is 11.3 Å². The maximum absolute atomic E-state index is 12.3. The number of anilines is 2. The summed E-state index contributed by atoms with van der Waals surface area (Å²) >= 11 is 0. The molecule has 1 aliphatic rings. The second-order valence-electron chi connectivity index (χ2n) is 5.16. The molecule has 1 amide bonds. The van der Waals surface area contributed by atoms with Gasteiger partial charge in [0.25, 0.3) is 0 Å². The number of hydrogen-bond donors (Lipinski definition) is 2. The third-order valence-corrected chi connectivity index (χ3v) is 3.71. The van der Waals surface area contributed by atoms with Crippen LogP contribution >= 0.6 is 0 Å². The van der Waals surface area contributed by atoms with Gasteiger partial charge in [0.1, 0.15) is 0 Å². The monoisotopic (exact) mass is 232 g/mol. The molecule has 0 heterocycles. The van der Waals surface area contributed by atoms with Gasteiger partial charge in [0.2, 0.25) is 5.91 Å². The summed E-state index contributed by atoms with van der Waals surface area (Å²) in [4.78, 5) is 12.3. The zero-order chi connectivity index (χ0) is 12.3. The number of nitrogen functional groups attached to an aromatic ring is 1. The van der Waals surface area contributed by atoms with Gasteiger partial charge in [-0.3, -0.25) is 4.79 Å². The predicted molar refractivity (Wildman–Crippen MR) is 70.7 cm³/mol. The molecule has 0 unspecified atom stereocenters. The number of hydrogen-bond acceptors (Lipinski definition) is 2. The molecule has 1 aromatic carbocycles. The lowest BCUT2D eigenvalue weighted by molar-refractivity contribution is -0.126. The van der Waals surface area contributed by atoms with E-state index in [9.17, 15) is 4.79 Å². The first kappa shape index (κ1) is 12.0. The van der Waals surface area contributed by atoms with Gasteiger partial charge in [-0.15, -0.1) is 0 Å². The highest BCUT2D eigenvalue weighted by Gasteiger charge is 2.34. The van der Waals surface area contributed by atoms with E-state index in [4.69, 9.17) is 5.73 Å². The van der Waals surface area contributed by atoms with Crippen molar-refractivity contribution in [3.63, 3.8) is 0 Å². The third kappa shape index (κ3) is 2.60. The third-order valence-electron chi connectivity index (χ3n) is 3.71. The maximum atomic E-state index is 12.3. The van der Waals surface area contributed by atoms with E-state index in [1.807, 2.05) is 18.2 Å². The SMILES string of the molecule is CC1(C(=O)Nc2ccccc2N)CCCCC1. The van der Waals surface area contributed by atoms with Gasteiger partial charge in [0.15, 0.2) is 0 Å². The summed E-state index contributed by atoms with van der Waals surface area (Å²) in [5.74, 6) is 0.107. The van der Waals surface area contributed by atoms with E-state index < -0.39 is 0 Å². The molecule has 0 aliphatic heterocycles. The fourth-order valence-corrected chi connectivity index (χ4v) is 2.44. The van der Waals surface area contributed by atoms with Crippen molar-refractivity contribution in [3.05, 3.63) is 24.3 Å². The smallest absolute Gasteiger partial charge is 0.230 e. The number of carbonyl (C=O) groups is 1. The zero-order valence-corrected chi connectivity index (χ0v) is 10.3. The molecular weight excluding hydrogens is 212 g/mol. The van der Waals surface area contributed by atoms with Crippen LogP contribution in [0.15, 0.2) is 24.3 Å². The van der Waals surface area contributed by atoms with Crippen molar-refractivity contribution >= 4 is 17.3 Å². The van der Waals surface area contributed by atoms with Crippen LogP contribution in [0.2, 0.25) is 0 Å². The van der Waals surface area contributed by atoms with Crippen molar-refractivity contribution in [1.29, 1.82) is 0 Å². The van der Waals surface area contributed by atoms with Crippen molar-refractivity contribution in [2.75, 3.05) is 11.1 Å². The molecule has 1 aromatic rings. The molecule has 1 fully saturated rings. The van der Waals surface area contributed by atoms with Crippen molar-refractivity contribution in [2.24, 2.45) is 5.41 Å². The van der Waals surface area contributed by atoms with Crippen molar-refractivity contribution < 1.29 is 4.79 Å². The minimum absolute atomic E-state index is 0.107. The number of para-hydroxylation sites is 2. The Morgan fingerprint density at radius 1 is 1.24 bits per heavy atom. The van der Waals surface area contributed by atoms with Crippen LogP contribution in [-0.2, 0) is 4.79 Å². The molecule has 3 nitrogen and oxygen atoms in total. The van der Waals surface area contributed by atoms with Crippen LogP contribution in [0.4, 0.5) is 11.4 Å². The van der Waals surface area contributed by atoms with Gasteiger partial charge in [0.05, 0.1) is 11.4 Å². The Bertz CT molecular complexity index is 408. The van der Waals surface area contributed by atoms with Crippen LogP contribution in [-0.4, -0.2) is 5.91 Å². The van der Waals surface area contributed by atoms with E-state index >= 15 is 0 Å². The first-order valence-corrected chi connectivity index (χ1v) is 6.28. The van der Waals surface area contributed by atoms with Gasteiger partial charge in [-0.25, -0.2) is 0 Å². The van der Waals surface area contributed by atoms with E-state index in [0.717, 1.165) is 31.4 Å². The van der Waals surface area contributed by atoms with Crippen LogP contribution in [0, 0.1) is 5.41 Å². The van der Waals surface area contributed by atoms with Crippen LogP contribution in [0.5, 0.6) is 0 Å². The highest BCUT2D eigenvalue weighted by atomic mass is 16.2. The molecule has 0 atom stereocenters. The quantitative estimate of drug-likeness (QED) is 0.769. The fourth-order valence-electron chi connectivity index (χ4n) is 2.44. The lowest BCUT2D eigenvalue weighted by Crippen LogP contribution is -2.35. The number of carbonyl (C=O) groups excluding carboxylic acids is 1. The molecule has 3 N–H and O–H groups in total. The van der Waals surface area contributed by atoms with Gasteiger partial charge in [-0.1, -0.05) is 38.3 Å². The fraction of sp³-hybridized carbons (Fsp3) is 0.500. The molecule has 17 heavy (non-hydrogen) atoms. The number of amides is 1. The highest BCUT2D eigenvalue weighted by molar-refractivity contribution is 5.97. The zero-order valence-electron chi connectivity index (χ0n) is 10.3. The number of benzene rings is 1. The second kappa shape index (κ2) is 4.78. The molecule has 0 aromatic heterocycles. The Morgan fingerprint density at radius 2 is 1.88 bits per heavy atom. The second-order valence-corrected chi connectivity index (χ2v) is 5.16. The summed E-state index contributed by atoms with van der Waals surface area (Å²) in [7, 11) is 0. The molecule has 92 valence electrons. The standard InChI is InChI=1S/C14H20N2O/c1-14(9-5-2-6-10-14)13(17)16-12-8-4-3-7-11(12)15/h3-4,7-8H,2,5-6,9-10,15H2,1H3,(H,16,17). The Morgan fingerprint density at radius 3 is 2.53 bits per heavy atom. The lowest BCUT2D eigenvalue weighted by Gasteiger charge is -2.32. The molecule has 1 aliphatic carbocycles. The lowest BCUT2D eigenvalue weighted by atomic mass is 9.75. The molecule has 0 saturated heterocycles. The molecule has 0 radical (unpaired) electrons. The molecule has 3 heteroatoms. The largest absolute Gasteiger partial charge is 0.397 e. The Hall–Kier alpha value is -1.51. The van der Waals surface area contributed by atoms with Crippen LogP contribution in [0.25, 0.3) is 0 Å². The van der Waals surface area contributed by atoms with Crippen molar-refractivity contribution in [2.45, 2.75) is 39.0 Å². The average Bonchev–Trinajstić information content (AvgIpc) is 2.33. The van der Waals surface area contributed by atoms with Gasteiger partial charge >= 0.3 is 0 Å². The van der Waals surface area contributed by atoms with Crippen LogP contribution in [0.3, 0.4) is 0 Å². The van der Waals surface area contributed by atoms with Gasteiger partial charge in [-0.05, 0) is 25.0 Å². The predicted octanol–water partition coefficient (Wildman–Crippen LogP) is 3.18. The molecule has 0 bridgehead atoms. The number of nitrogens with one attached hydrogen (secondary N) is 1. The number of nitrogens with two attached hydrogens (primary N) is 1. The average molecular weight is 232 g/mol. The summed E-state index contributed by atoms with van der Waals surface area (Å²) < 4.78 is 0. The topological polar surface area (TPSA) is 55.1 Å². The molecule has 0 spiro atoms. The van der Waals surface area contributed by atoms with Crippen molar-refractivity contribution in [1.82, 2.24) is 0 Å². The van der Waals surface area contributed by atoms with Gasteiger partial charge in [-0.2, -0.15) is 0 Å². The minimum Gasteiger partial charge on any atom is -0.397 e. The Labute approximate surface area is 102 Å². The van der Waals surface area contributed by atoms with Crippen LogP contribution in [0.1, 0.15) is 39.0 Å². The first-order valence-electron chi connectivity index (χ1n) is 6.28. The van der Waals surface area contributed by atoms with Gasteiger partial charge < -0.3 is 11.1 Å². The summed E-state index contributed by atoms with van der Waals surface area (Å²) in [6, 6.07) is 7.40. The molecule has 2 rings (SSSR count). The van der Waals surface area contributed by atoms with E-state index in [0.29, 0.717) is 5.69 Å². The molecule has 1 saturated carbocycles. The minimum atomic E-state index is -0.222. The van der Waals surface area contributed by atoms with Crippen molar-refractivity contribution in [3.8, 4) is 0 Å². The summed E-state index contributed by atoms with van der Waals surface area (Å²) in [5, 5.41) is 2.96. The van der Waals surface area contributed by atoms with E-state index in [2.05, 4.69) is 12.2 Å². The Kier molecular flexibility index (Phi) is 3.36. The number of rotatable bonds is 2. The highest BCUT2D eigenvalue weighted by Crippen LogP contribution is 2.37. The van der Waals surface area contributed by atoms with Crippen LogP contribution < -0.4 is 11.1 Å². The maximum Gasteiger partial charge on any atom is 0.230 e. The summed E-state index contributed by atoms with van der Waals surface area (Å²) in [5.41, 5.74) is 6.96. The Balaban J connectivity index is 2.08. The van der Waals surface area contributed by atoms with E-state index in [1.54, 1.807) is 6.07 Å².